The molecule has 2 aromatic rings. The third-order valence-corrected chi connectivity index (χ3v) is 4.29. The molecule has 2 heterocycles. The highest BCUT2D eigenvalue weighted by Crippen LogP contribution is 2.30. The molecule has 1 saturated carbocycles. The number of rotatable bonds is 5. The van der Waals surface area contributed by atoms with E-state index in [2.05, 4.69) is 29.1 Å². The van der Waals surface area contributed by atoms with Crippen LogP contribution in [0.3, 0.4) is 0 Å². The van der Waals surface area contributed by atoms with E-state index in [0.29, 0.717) is 5.88 Å². The highest BCUT2D eigenvalue weighted by molar-refractivity contribution is 5.53. The van der Waals surface area contributed by atoms with Gasteiger partial charge in [-0.2, -0.15) is 4.98 Å². The summed E-state index contributed by atoms with van der Waals surface area (Å²) in [6, 6.07) is 0. The van der Waals surface area contributed by atoms with Crippen LogP contribution in [0.25, 0.3) is 5.65 Å². The fourth-order valence-electron chi connectivity index (χ4n) is 3.13. The molecule has 5 heteroatoms. The van der Waals surface area contributed by atoms with Crippen molar-refractivity contribution in [2.24, 2.45) is 5.92 Å². The van der Waals surface area contributed by atoms with Gasteiger partial charge in [0, 0.05) is 18.9 Å². The molecule has 1 aliphatic rings. The van der Waals surface area contributed by atoms with Gasteiger partial charge in [0.25, 0.3) is 5.88 Å². The third-order valence-electron chi connectivity index (χ3n) is 4.29. The quantitative estimate of drug-likeness (QED) is 0.914. The van der Waals surface area contributed by atoms with Gasteiger partial charge >= 0.3 is 0 Å². The maximum atomic E-state index is 6.21. The summed E-state index contributed by atoms with van der Waals surface area (Å²) in [5.41, 5.74) is 0.801. The van der Waals surface area contributed by atoms with Gasteiger partial charge in [-0.1, -0.05) is 19.8 Å². The summed E-state index contributed by atoms with van der Waals surface area (Å²) in [4.78, 5) is 8.96. The van der Waals surface area contributed by atoms with Crippen molar-refractivity contribution in [3.05, 3.63) is 18.6 Å². The van der Waals surface area contributed by atoms with E-state index >= 15 is 0 Å². The monoisotopic (exact) mass is 288 g/mol. The molecule has 1 fully saturated rings. The summed E-state index contributed by atoms with van der Waals surface area (Å²) in [6.07, 6.45) is 12.0. The molecule has 2 unspecified atom stereocenters. The second-order valence-corrected chi connectivity index (χ2v) is 5.80. The second kappa shape index (κ2) is 6.33. The average Bonchev–Trinajstić information content (AvgIpc) is 2.96. The van der Waals surface area contributed by atoms with Gasteiger partial charge in [0.05, 0.1) is 6.20 Å². The largest absolute Gasteiger partial charge is 0.472 e. The minimum absolute atomic E-state index is 0.272. The number of fused-ring (bicyclic) bond motifs is 1. The van der Waals surface area contributed by atoms with Gasteiger partial charge in [-0.05, 0) is 32.1 Å². The topological polar surface area (TPSA) is 51.5 Å². The van der Waals surface area contributed by atoms with Gasteiger partial charge in [-0.15, -0.1) is 0 Å². The van der Waals surface area contributed by atoms with Crippen LogP contribution in [0.15, 0.2) is 18.6 Å². The van der Waals surface area contributed by atoms with E-state index in [0.717, 1.165) is 36.8 Å². The number of aromatic nitrogens is 3. The van der Waals surface area contributed by atoms with E-state index in [1.807, 2.05) is 16.8 Å². The van der Waals surface area contributed by atoms with E-state index in [1.54, 1.807) is 6.20 Å². The Labute approximate surface area is 125 Å². The van der Waals surface area contributed by atoms with Gasteiger partial charge < -0.3 is 10.1 Å². The summed E-state index contributed by atoms with van der Waals surface area (Å²) in [7, 11) is 0. The van der Waals surface area contributed by atoms with E-state index in [1.165, 1.54) is 19.3 Å². The first-order valence-electron chi connectivity index (χ1n) is 8.04. The molecular weight excluding hydrogens is 264 g/mol. The van der Waals surface area contributed by atoms with Crippen molar-refractivity contribution < 1.29 is 4.74 Å². The number of hydrogen-bond acceptors (Lipinski definition) is 4. The Hall–Kier alpha value is -1.78. The van der Waals surface area contributed by atoms with Gasteiger partial charge in [0.1, 0.15) is 11.9 Å². The smallest absolute Gasteiger partial charge is 0.260 e. The van der Waals surface area contributed by atoms with Gasteiger partial charge in [-0.25, -0.2) is 4.98 Å². The molecule has 3 rings (SSSR count). The summed E-state index contributed by atoms with van der Waals surface area (Å²) in [6.45, 7) is 5.17. The summed E-state index contributed by atoms with van der Waals surface area (Å²) in [5, 5.41) is 3.25. The first kappa shape index (κ1) is 14.2. The minimum Gasteiger partial charge on any atom is -0.472 e. The van der Waals surface area contributed by atoms with Crippen LogP contribution in [0.5, 0.6) is 5.88 Å². The van der Waals surface area contributed by atoms with Crippen LogP contribution in [0.1, 0.15) is 46.0 Å². The molecule has 0 bridgehead atoms. The Bertz CT molecular complexity index is 595. The normalized spacial score (nSPS) is 22.4. The Kier molecular flexibility index (Phi) is 4.27. The highest BCUT2D eigenvalue weighted by atomic mass is 16.5. The molecule has 114 valence electrons. The molecule has 0 aromatic carbocycles. The molecule has 0 spiro atoms. The Morgan fingerprint density at radius 3 is 3.10 bits per heavy atom. The number of nitrogens with zero attached hydrogens (tertiary/aromatic N) is 3. The van der Waals surface area contributed by atoms with Gasteiger partial charge in [0.15, 0.2) is 0 Å². The third kappa shape index (κ3) is 3.12. The lowest BCUT2D eigenvalue weighted by atomic mass is 9.85. The van der Waals surface area contributed by atoms with E-state index in [9.17, 15) is 0 Å². The van der Waals surface area contributed by atoms with E-state index < -0.39 is 0 Å². The van der Waals surface area contributed by atoms with Crippen molar-refractivity contribution in [3.63, 3.8) is 0 Å². The molecule has 2 atom stereocenters. The number of ether oxygens (including phenoxy) is 1. The van der Waals surface area contributed by atoms with Crippen LogP contribution in [0.2, 0.25) is 0 Å². The zero-order chi connectivity index (χ0) is 14.7. The fraction of sp³-hybridized carbons (Fsp3) is 0.625. The number of nitrogens with one attached hydrogen (secondary N) is 1. The Morgan fingerprint density at radius 2 is 2.29 bits per heavy atom. The van der Waals surface area contributed by atoms with E-state index in [4.69, 9.17) is 4.74 Å². The van der Waals surface area contributed by atoms with Crippen molar-refractivity contribution in [2.45, 2.75) is 52.1 Å². The molecule has 0 amide bonds. The minimum atomic E-state index is 0.272. The lowest BCUT2D eigenvalue weighted by Crippen LogP contribution is -2.25. The van der Waals surface area contributed by atoms with Crippen LogP contribution in [-0.4, -0.2) is 27.0 Å². The van der Waals surface area contributed by atoms with E-state index in [-0.39, 0.29) is 6.10 Å². The summed E-state index contributed by atoms with van der Waals surface area (Å²) >= 11 is 0. The SMILES string of the molecule is CCNc1cn2ccnc2c(OC2CCCC(CC)C2)n1. The summed E-state index contributed by atoms with van der Waals surface area (Å²) < 4.78 is 8.18. The van der Waals surface area contributed by atoms with Gasteiger partial charge in [-0.3, -0.25) is 4.40 Å². The van der Waals surface area contributed by atoms with Crippen LogP contribution >= 0.6 is 0 Å². The molecular formula is C16H24N4O. The van der Waals surface area contributed by atoms with Crippen molar-refractivity contribution in [1.29, 1.82) is 0 Å². The Morgan fingerprint density at radius 1 is 1.38 bits per heavy atom. The van der Waals surface area contributed by atoms with Crippen LogP contribution in [-0.2, 0) is 0 Å². The van der Waals surface area contributed by atoms with Crippen molar-refractivity contribution >= 4 is 11.5 Å². The molecule has 5 nitrogen and oxygen atoms in total. The van der Waals surface area contributed by atoms with Crippen molar-refractivity contribution in [2.75, 3.05) is 11.9 Å². The number of imidazole rings is 1. The van der Waals surface area contributed by atoms with Crippen LogP contribution < -0.4 is 10.1 Å². The number of hydrogen-bond donors (Lipinski definition) is 1. The second-order valence-electron chi connectivity index (χ2n) is 5.80. The standard InChI is InChI=1S/C16H24N4O/c1-3-12-6-5-7-13(10-12)21-16-15-18-8-9-20(15)11-14(19-16)17-4-2/h8-9,11-13,17H,3-7,10H2,1-2H3. The Balaban J connectivity index is 1.83. The first-order valence-corrected chi connectivity index (χ1v) is 8.04. The zero-order valence-electron chi connectivity index (χ0n) is 12.9. The molecule has 1 N–H and O–H groups in total. The average molecular weight is 288 g/mol. The molecule has 1 aliphatic carbocycles. The zero-order valence-corrected chi connectivity index (χ0v) is 12.9. The summed E-state index contributed by atoms with van der Waals surface area (Å²) in [5.74, 6) is 2.28. The first-order chi connectivity index (χ1) is 10.3. The van der Waals surface area contributed by atoms with Crippen molar-refractivity contribution in [3.8, 4) is 5.88 Å². The predicted octanol–water partition coefficient (Wildman–Crippen LogP) is 3.51. The maximum absolute atomic E-state index is 6.21. The molecule has 0 radical (unpaired) electrons. The predicted molar refractivity (Wildman–Crippen MR) is 83.8 cm³/mol. The molecule has 2 aromatic heterocycles. The fourth-order valence-corrected chi connectivity index (χ4v) is 3.13. The van der Waals surface area contributed by atoms with Gasteiger partial charge in [0.2, 0.25) is 5.65 Å². The molecule has 21 heavy (non-hydrogen) atoms. The lowest BCUT2D eigenvalue weighted by Gasteiger charge is -2.28. The molecule has 0 aliphatic heterocycles. The lowest BCUT2D eigenvalue weighted by molar-refractivity contribution is 0.118. The highest BCUT2D eigenvalue weighted by Gasteiger charge is 2.23. The maximum Gasteiger partial charge on any atom is 0.260 e. The molecule has 0 saturated heterocycles. The van der Waals surface area contributed by atoms with Crippen molar-refractivity contribution in [1.82, 2.24) is 14.4 Å². The van der Waals surface area contributed by atoms with Crippen LogP contribution in [0.4, 0.5) is 5.82 Å². The van der Waals surface area contributed by atoms with Crippen LogP contribution in [0, 0.1) is 5.92 Å². The number of anilines is 1.